The van der Waals surface area contributed by atoms with Gasteiger partial charge < -0.3 is 21.3 Å². The summed E-state index contributed by atoms with van der Waals surface area (Å²) < 4.78 is 0. The second-order valence-corrected chi connectivity index (χ2v) is 4.41. The first kappa shape index (κ1) is 14.8. The van der Waals surface area contributed by atoms with E-state index in [1.807, 2.05) is 6.07 Å². The molecule has 0 saturated carbocycles. The molecule has 1 unspecified atom stereocenters. The van der Waals surface area contributed by atoms with Gasteiger partial charge in [-0.3, -0.25) is 4.79 Å². The number of amides is 1. The summed E-state index contributed by atoms with van der Waals surface area (Å²) in [5.41, 5.74) is 6.39. The van der Waals surface area contributed by atoms with Crippen LogP contribution >= 0.6 is 0 Å². The van der Waals surface area contributed by atoms with Crippen molar-refractivity contribution >= 4 is 5.91 Å². The molecular formula is C13H17N3O3. The Kier molecular flexibility index (Phi) is 5.15. The highest BCUT2D eigenvalue weighted by Gasteiger charge is 2.16. The number of carbonyl (C=O) groups excluding carboxylic acids is 1. The number of rotatable bonds is 5. The lowest BCUT2D eigenvalue weighted by atomic mass is 10.0. The summed E-state index contributed by atoms with van der Waals surface area (Å²) in [6, 6.07) is 5.22. The number of benzene rings is 1. The van der Waals surface area contributed by atoms with Crippen molar-refractivity contribution in [3.05, 3.63) is 23.8 Å². The molecule has 0 fully saturated rings. The van der Waals surface area contributed by atoms with Crippen molar-refractivity contribution in [2.24, 2.45) is 5.73 Å². The fourth-order valence-electron chi connectivity index (χ4n) is 1.58. The zero-order valence-corrected chi connectivity index (χ0v) is 10.6. The standard InChI is InChI=1S/C13H17N3O3/c1-8(4-5-14)16-13(19)10(15)6-9-2-3-11(17)12(18)7-9/h2-3,7-8,10,17-18H,4,6,15H2,1H3,(H,16,19)/t8?,10-/m0/s1. The van der Waals surface area contributed by atoms with Gasteiger partial charge in [0.1, 0.15) is 0 Å². The summed E-state index contributed by atoms with van der Waals surface area (Å²) in [5.74, 6) is -0.817. The molecule has 0 saturated heterocycles. The first-order chi connectivity index (χ1) is 8.93. The van der Waals surface area contributed by atoms with Crippen LogP contribution in [0.25, 0.3) is 0 Å². The Bertz CT molecular complexity index is 496. The van der Waals surface area contributed by atoms with E-state index in [0.29, 0.717) is 5.56 Å². The lowest BCUT2D eigenvalue weighted by Crippen LogP contribution is -2.45. The van der Waals surface area contributed by atoms with Gasteiger partial charge in [0.2, 0.25) is 5.91 Å². The summed E-state index contributed by atoms with van der Waals surface area (Å²) in [5, 5.41) is 29.6. The number of nitrogens with two attached hydrogens (primary N) is 1. The zero-order valence-electron chi connectivity index (χ0n) is 10.6. The number of carbonyl (C=O) groups is 1. The second-order valence-electron chi connectivity index (χ2n) is 4.41. The lowest BCUT2D eigenvalue weighted by molar-refractivity contribution is -0.122. The van der Waals surface area contributed by atoms with E-state index in [2.05, 4.69) is 5.32 Å². The van der Waals surface area contributed by atoms with E-state index in [4.69, 9.17) is 11.0 Å². The Labute approximate surface area is 111 Å². The van der Waals surface area contributed by atoms with Gasteiger partial charge in [-0.15, -0.1) is 0 Å². The summed E-state index contributed by atoms with van der Waals surface area (Å²) in [6.07, 6.45) is 0.456. The molecule has 1 aromatic rings. The molecule has 0 spiro atoms. The summed E-state index contributed by atoms with van der Waals surface area (Å²) in [4.78, 5) is 11.7. The largest absolute Gasteiger partial charge is 0.504 e. The van der Waals surface area contributed by atoms with Crippen LogP contribution in [0, 0.1) is 11.3 Å². The van der Waals surface area contributed by atoms with Crippen LogP contribution in [0.5, 0.6) is 11.5 Å². The minimum Gasteiger partial charge on any atom is -0.504 e. The van der Waals surface area contributed by atoms with Gasteiger partial charge in [-0.05, 0) is 31.0 Å². The summed E-state index contributed by atoms with van der Waals surface area (Å²) >= 11 is 0. The number of hydrogen-bond donors (Lipinski definition) is 4. The van der Waals surface area contributed by atoms with Crippen LogP contribution in [-0.2, 0) is 11.2 Å². The SMILES string of the molecule is CC(CC#N)NC(=O)[C@@H](N)Cc1ccc(O)c(O)c1. The minimum absolute atomic E-state index is 0.218. The first-order valence-electron chi connectivity index (χ1n) is 5.87. The molecule has 1 rings (SSSR count). The third-order valence-electron chi connectivity index (χ3n) is 2.62. The smallest absolute Gasteiger partial charge is 0.237 e. The third-order valence-corrected chi connectivity index (χ3v) is 2.62. The molecule has 1 aromatic carbocycles. The second kappa shape index (κ2) is 6.61. The molecule has 6 heteroatoms. The van der Waals surface area contributed by atoms with Gasteiger partial charge in [0, 0.05) is 6.04 Å². The summed E-state index contributed by atoms with van der Waals surface area (Å²) in [7, 11) is 0. The Balaban J connectivity index is 2.59. The molecule has 0 heterocycles. The zero-order chi connectivity index (χ0) is 14.4. The average molecular weight is 263 g/mol. The molecule has 19 heavy (non-hydrogen) atoms. The molecule has 5 N–H and O–H groups in total. The van der Waals surface area contributed by atoms with Crippen LogP contribution in [-0.4, -0.2) is 28.2 Å². The van der Waals surface area contributed by atoms with E-state index in [9.17, 15) is 15.0 Å². The van der Waals surface area contributed by atoms with Crippen molar-refractivity contribution in [1.29, 1.82) is 5.26 Å². The maximum atomic E-state index is 11.7. The van der Waals surface area contributed by atoms with Gasteiger partial charge in [0.25, 0.3) is 0 Å². The van der Waals surface area contributed by atoms with Crippen molar-refractivity contribution in [3.8, 4) is 17.6 Å². The predicted molar refractivity (Wildman–Crippen MR) is 69.3 cm³/mol. The third kappa shape index (κ3) is 4.48. The molecule has 102 valence electrons. The van der Waals surface area contributed by atoms with Crippen LogP contribution in [0.1, 0.15) is 18.9 Å². The maximum Gasteiger partial charge on any atom is 0.237 e. The molecule has 1 amide bonds. The van der Waals surface area contributed by atoms with E-state index in [0.717, 1.165) is 0 Å². The topological polar surface area (TPSA) is 119 Å². The molecule has 0 aromatic heterocycles. The van der Waals surface area contributed by atoms with E-state index in [-0.39, 0.29) is 36.3 Å². The highest BCUT2D eigenvalue weighted by molar-refractivity contribution is 5.82. The monoisotopic (exact) mass is 263 g/mol. The first-order valence-corrected chi connectivity index (χ1v) is 5.87. The van der Waals surface area contributed by atoms with Crippen LogP contribution in [0.15, 0.2) is 18.2 Å². The Morgan fingerprint density at radius 1 is 1.47 bits per heavy atom. The van der Waals surface area contributed by atoms with Crippen LogP contribution in [0.3, 0.4) is 0 Å². The van der Waals surface area contributed by atoms with Gasteiger partial charge in [-0.2, -0.15) is 5.26 Å². The highest BCUT2D eigenvalue weighted by atomic mass is 16.3. The fourth-order valence-corrected chi connectivity index (χ4v) is 1.58. The molecule has 6 nitrogen and oxygen atoms in total. The molecule has 0 bridgehead atoms. The number of hydrogen-bond acceptors (Lipinski definition) is 5. The fraction of sp³-hybridized carbons (Fsp3) is 0.385. The average Bonchev–Trinajstić information content (AvgIpc) is 2.34. The normalized spacial score (nSPS) is 13.3. The highest BCUT2D eigenvalue weighted by Crippen LogP contribution is 2.25. The molecule has 0 radical (unpaired) electrons. The lowest BCUT2D eigenvalue weighted by Gasteiger charge is -2.15. The van der Waals surface area contributed by atoms with Crippen LogP contribution < -0.4 is 11.1 Å². The number of aromatic hydroxyl groups is 2. The van der Waals surface area contributed by atoms with Crippen molar-refractivity contribution in [3.63, 3.8) is 0 Å². The predicted octanol–water partition coefficient (Wildman–Crippen LogP) is 0.386. The van der Waals surface area contributed by atoms with Crippen molar-refractivity contribution < 1.29 is 15.0 Å². The number of phenolic OH excluding ortho intramolecular Hbond substituents is 2. The van der Waals surface area contributed by atoms with Crippen molar-refractivity contribution in [2.75, 3.05) is 0 Å². The van der Waals surface area contributed by atoms with Gasteiger partial charge in [0.05, 0.1) is 18.5 Å². The van der Waals surface area contributed by atoms with E-state index < -0.39 is 6.04 Å². The van der Waals surface area contributed by atoms with E-state index >= 15 is 0 Å². The molecule has 0 aliphatic heterocycles. The molecule has 2 atom stereocenters. The van der Waals surface area contributed by atoms with E-state index in [1.165, 1.54) is 12.1 Å². The number of nitrogens with zero attached hydrogens (tertiary/aromatic N) is 1. The molecule has 0 aliphatic carbocycles. The van der Waals surface area contributed by atoms with Crippen molar-refractivity contribution in [2.45, 2.75) is 31.8 Å². The molecule has 0 aliphatic rings. The van der Waals surface area contributed by atoms with Crippen molar-refractivity contribution in [1.82, 2.24) is 5.32 Å². The minimum atomic E-state index is -0.773. The summed E-state index contributed by atoms with van der Waals surface area (Å²) in [6.45, 7) is 1.72. The number of nitriles is 1. The Morgan fingerprint density at radius 2 is 2.16 bits per heavy atom. The van der Waals surface area contributed by atoms with Crippen LogP contribution in [0.4, 0.5) is 0 Å². The van der Waals surface area contributed by atoms with Gasteiger partial charge in [0.15, 0.2) is 11.5 Å². The Morgan fingerprint density at radius 3 is 2.74 bits per heavy atom. The maximum absolute atomic E-state index is 11.7. The van der Waals surface area contributed by atoms with E-state index in [1.54, 1.807) is 13.0 Å². The van der Waals surface area contributed by atoms with Gasteiger partial charge in [-0.25, -0.2) is 0 Å². The molecular weight excluding hydrogens is 246 g/mol. The Hall–Kier alpha value is -2.26. The quantitative estimate of drug-likeness (QED) is 0.573. The number of phenols is 2. The van der Waals surface area contributed by atoms with Crippen LogP contribution in [0.2, 0.25) is 0 Å². The van der Waals surface area contributed by atoms with Gasteiger partial charge in [-0.1, -0.05) is 6.07 Å². The van der Waals surface area contributed by atoms with Gasteiger partial charge >= 0.3 is 0 Å². The number of nitrogens with one attached hydrogen (secondary N) is 1.